The fourth-order valence-electron chi connectivity index (χ4n) is 1.46. The molecule has 0 radical (unpaired) electrons. The van der Waals surface area contributed by atoms with Crippen LogP contribution in [0.5, 0.6) is 0 Å². The van der Waals surface area contributed by atoms with Gasteiger partial charge >= 0.3 is 0 Å². The predicted octanol–water partition coefficient (Wildman–Crippen LogP) is 2.40. The van der Waals surface area contributed by atoms with Gasteiger partial charge in [-0.15, -0.1) is 0 Å². The highest BCUT2D eigenvalue weighted by molar-refractivity contribution is 7.97. The van der Waals surface area contributed by atoms with Crippen LogP contribution in [0.4, 0.5) is 0 Å². The van der Waals surface area contributed by atoms with E-state index in [0.717, 1.165) is 17.1 Å². The number of amides is 1. The minimum atomic E-state index is -0.182. The lowest BCUT2D eigenvalue weighted by Gasteiger charge is -2.00. The Balaban J connectivity index is 1.90. The Morgan fingerprint density at radius 1 is 1.47 bits per heavy atom. The number of aromatic nitrogens is 1. The smallest absolute Gasteiger partial charge is 0.287 e. The van der Waals surface area contributed by atoms with Crippen molar-refractivity contribution in [3.05, 3.63) is 47.7 Å². The van der Waals surface area contributed by atoms with E-state index in [1.807, 2.05) is 30.8 Å². The zero-order chi connectivity index (χ0) is 12.1. The van der Waals surface area contributed by atoms with Crippen LogP contribution in [0.25, 0.3) is 0 Å². The van der Waals surface area contributed by atoms with Crippen LogP contribution in [-0.2, 0) is 12.3 Å². The van der Waals surface area contributed by atoms with Gasteiger partial charge in [0.25, 0.3) is 5.91 Å². The Morgan fingerprint density at radius 2 is 2.35 bits per heavy atom. The van der Waals surface area contributed by atoms with Gasteiger partial charge in [-0.1, -0.05) is 0 Å². The molecule has 2 aromatic rings. The fraction of sp³-hybridized carbons (Fsp3) is 0.250. The van der Waals surface area contributed by atoms with Crippen molar-refractivity contribution in [3.63, 3.8) is 0 Å². The van der Waals surface area contributed by atoms with Crippen LogP contribution < -0.4 is 5.32 Å². The van der Waals surface area contributed by atoms with Crippen molar-refractivity contribution < 1.29 is 9.21 Å². The molecule has 0 aliphatic carbocycles. The first-order chi connectivity index (χ1) is 8.29. The fourth-order valence-corrected chi connectivity index (χ4v) is 1.90. The van der Waals surface area contributed by atoms with Crippen LogP contribution in [0, 0.1) is 0 Å². The zero-order valence-corrected chi connectivity index (χ0v) is 10.3. The third-order valence-corrected chi connectivity index (χ3v) is 2.86. The standard InChI is InChI=1S/C12H14N2O2S/c1-17-8-10-2-3-11(16-10)12(15)14-7-9-4-5-13-6-9/h2-6,13H,7-8H2,1H3,(H,14,15). The Hall–Kier alpha value is -1.62. The van der Waals surface area contributed by atoms with E-state index in [9.17, 15) is 4.79 Å². The van der Waals surface area contributed by atoms with E-state index < -0.39 is 0 Å². The first-order valence-electron chi connectivity index (χ1n) is 5.27. The highest BCUT2D eigenvalue weighted by Crippen LogP contribution is 2.13. The van der Waals surface area contributed by atoms with Gasteiger partial charge in [0.2, 0.25) is 0 Å². The van der Waals surface area contributed by atoms with Gasteiger partial charge in [0.1, 0.15) is 5.76 Å². The SMILES string of the molecule is CSCc1ccc(C(=O)NCc2cc[nH]c2)o1. The number of H-pyrrole nitrogens is 1. The first-order valence-corrected chi connectivity index (χ1v) is 6.66. The molecule has 0 aromatic carbocycles. The summed E-state index contributed by atoms with van der Waals surface area (Å²) < 4.78 is 5.42. The normalized spacial score (nSPS) is 10.4. The van der Waals surface area contributed by atoms with Crippen molar-refractivity contribution in [2.45, 2.75) is 12.3 Å². The molecule has 17 heavy (non-hydrogen) atoms. The highest BCUT2D eigenvalue weighted by Gasteiger charge is 2.10. The summed E-state index contributed by atoms with van der Waals surface area (Å²) in [6.45, 7) is 0.501. The number of thioether (sulfide) groups is 1. The quantitative estimate of drug-likeness (QED) is 0.856. The zero-order valence-electron chi connectivity index (χ0n) is 9.53. The minimum Gasteiger partial charge on any atom is -0.455 e. The summed E-state index contributed by atoms with van der Waals surface area (Å²) in [6, 6.07) is 5.46. The Morgan fingerprint density at radius 3 is 3.06 bits per heavy atom. The van der Waals surface area contributed by atoms with Gasteiger partial charge in [0, 0.05) is 18.9 Å². The molecule has 2 aromatic heterocycles. The number of rotatable bonds is 5. The van der Waals surface area contributed by atoms with Crippen molar-refractivity contribution >= 4 is 17.7 Å². The molecule has 2 N–H and O–H groups in total. The Labute approximate surface area is 104 Å². The molecule has 0 aliphatic heterocycles. The van der Waals surface area contributed by atoms with Gasteiger partial charge in [-0.05, 0) is 30.0 Å². The third kappa shape index (κ3) is 3.17. The number of carbonyl (C=O) groups is 1. The van der Waals surface area contributed by atoms with E-state index in [1.54, 1.807) is 17.8 Å². The molecule has 90 valence electrons. The van der Waals surface area contributed by atoms with E-state index >= 15 is 0 Å². The Bertz CT molecular complexity index is 476. The second-order valence-corrected chi connectivity index (χ2v) is 4.47. The highest BCUT2D eigenvalue weighted by atomic mass is 32.2. The molecule has 0 saturated heterocycles. The molecule has 0 atom stereocenters. The lowest BCUT2D eigenvalue weighted by molar-refractivity contribution is 0.0922. The maximum absolute atomic E-state index is 11.7. The number of carbonyl (C=O) groups excluding carboxylic acids is 1. The molecule has 5 heteroatoms. The van der Waals surface area contributed by atoms with E-state index in [2.05, 4.69) is 10.3 Å². The average molecular weight is 250 g/mol. The summed E-state index contributed by atoms with van der Waals surface area (Å²) in [7, 11) is 0. The van der Waals surface area contributed by atoms with E-state index in [1.165, 1.54) is 0 Å². The van der Waals surface area contributed by atoms with Crippen molar-refractivity contribution in [3.8, 4) is 0 Å². The molecule has 0 spiro atoms. The van der Waals surface area contributed by atoms with Gasteiger partial charge in [0.05, 0.1) is 5.75 Å². The Kier molecular flexibility index (Phi) is 3.93. The monoisotopic (exact) mass is 250 g/mol. The van der Waals surface area contributed by atoms with Gasteiger partial charge in [-0.25, -0.2) is 0 Å². The second-order valence-electron chi connectivity index (χ2n) is 3.60. The lowest BCUT2D eigenvalue weighted by Crippen LogP contribution is -2.21. The van der Waals surface area contributed by atoms with Crippen LogP contribution in [0.1, 0.15) is 21.9 Å². The number of furan rings is 1. The summed E-state index contributed by atoms with van der Waals surface area (Å²) in [5.41, 5.74) is 1.04. The number of nitrogens with one attached hydrogen (secondary N) is 2. The summed E-state index contributed by atoms with van der Waals surface area (Å²) in [5.74, 6) is 1.79. The van der Waals surface area contributed by atoms with Crippen molar-refractivity contribution in [1.29, 1.82) is 0 Å². The van der Waals surface area contributed by atoms with Crippen molar-refractivity contribution in [2.24, 2.45) is 0 Å². The van der Waals surface area contributed by atoms with Gasteiger partial charge in [0.15, 0.2) is 5.76 Å². The number of hydrogen-bond acceptors (Lipinski definition) is 3. The average Bonchev–Trinajstić information content (AvgIpc) is 2.97. The predicted molar refractivity (Wildman–Crippen MR) is 67.9 cm³/mol. The van der Waals surface area contributed by atoms with E-state index in [0.29, 0.717) is 12.3 Å². The molecule has 2 rings (SSSR count). The molecule has 0 bridgehead atoms. The van der Waals surface area contributed by atoms with Crippen LogP contribution in [0.15, 0.2) is 35.0 Å². The molecular formula is C12H14N2O2S. The van der Waals surface area contributed by atoms with E-state index in [4.69, 9.17) is 4.42 Å². The molecule has 0 unspecified atom stereocenters. The summed E-state index contributed by atoms with van der Waals surface area (Å²) in [5, 5.41) is 2.80. The molecular weight excluding hydrogens is 236 g/mol. The lowest BCUT2D eigenvalue weighted by atomic mass is 10.3. The first kappa shape index (κ1) is 11.9. The van der Waals surface area contributed by atoms with Crippen LogP contribution >= 0.6 is 11.8 Å². The number of aromatic amines is 1. The van der Waals surface area contributed by atoms with Crippen LogP contribution in [-0.4, -0.2) is 17.1 Å². The molecule has 0 saturated carbocycles. The molecule has 4 nitrogen and oxygen atoms in total. The van der Waals surface area contributed by atoms with Crippen molar-refractivity contribution in [2.75, 3.05) is 6.26 Å². The maximum Gasteiger partial charge on any atom is 0.287 e. The van der Waals surface area contributed by atoms with Gasteiger partial charge in [-0.2, -0.15) is 11.8 Å². The maximum atomic E-state index is 11.7. The van der Waals surface area contributed by atoms with Crippen molar-refractivity contribution in [1.82, 2.24) is 10.3 Å². The molecule has 1 amide bonds. The van der Waals surface area contributed by atoms with Crippen LogP contribution in [0.2, 0.25) is 0 Å². The number of hydrogen-bond donors (Lipinski definition) is 2. The molecule has 0 aliphatic rings. The minimum absolute atomic E-state index is 0.182. The summed E-state index contributed by atoms with van der Waals surface area (Å²) >= 11 is 1.66. The molecule has 0 fully saturated rings. The van der Waals surface area contributed by atoms with Gasteiger partial charge < -0.3 is 14.7 Å². The van der Waals surface area contributed by atoms with E-state index in [-0.39, 0.29) is 5.91 Å². The van der Waals surface area contributed by atoms with Crippen LogP contribution in [0.3, 0.4) is 0 Å². The van der Waals surface area contributed by atoms with Gasteiger partial charge in [-0.3, -0.25) is 4.79 Å². The second kappa shape index (κ2) is 5.63. The summed E-state index contributed by atoms with van der Waals surface area (Å²) in [4.78, 5) is 14.7. The molecule has 2 heterocycles. The summed E-state index contributed by atoms with van der Waals surface area (Å²) in [6.07, 6.45) is 5.67. The largest absolute Gasteiger partial charge is 0.455 e. The topological polar surface area (TPSA) is 58.0 Å². The third-order valence-electron chi connectivity index (χ3n) is 2.29.